The Bertz CT molecular complexity index is 1230. The highest BCUT2D eigenvalue weighted by Gasteiger charge is 2.07. The van der Waals surface area contributed by atoms with Gasteiger partial charge in [0.2, 0.25) is 0 Å². The minimum absolute atomic E-state index is 0.564. The van der Waals surface area contributed by atoms with Gasteiger partial charge < -0.3 is 29.6 Å². The monoisotopic (exact) mass is 497 g/mol. The number of benzene rings is 2. The predicted octanol–water partition coefficient (Wildman–Crippen LogP) is 4.02. The van der Waals surface area contributed by atoms with Crippen LogP contribution in [0.15, 0.2) is 66.3 Å². The van der Waals surface area contributed by atoms with Gasteiger partial charge in [0, 0.05) is 18.0 Å². The van der Waals surface area contributed by atoms with Gasteiger partial charge >= 0.3 is 11.9 Å². The predicted molar refractivity (Wildman–Crippen MR) is 133 cm³/mol. The summed E-state index contributed by atoms with van der Waals surface area (Å²) in [5.41, 5.74) is 3.42. The molecule has 0 atom stereocenters. The number of fused-ring (bicyclic) bond motifs is 1. The van der Waals surface area contributed by atoms with Gasteiger partial charge in [0.05, 0.1) is 24.5 Å². The van der Waals surface area contributed by atoms with E-state index in [-0.39, 0.29) is 0 Å². The molecule has 0 fully saturated rings. The van der Waals surface area contributed by atoms with Crippen LogP contribution in [0, 0.1) is 0 Å². The fourth-order valence-electron chi connectivity index (χ4n) is 3.28. The zero-order chi connectivity index (χ0) is 25.0. The SMILES string of the molecule is COc1cc(CNCCCn2cnc3ccccc32)ccc1OCc1cccs1.O=C(O)C(=O)O. The molecule has 0 unspecified atom stereocenters. The second-order valence-electron chi connectivity index (χ2n) is 7.42. The number of carboxylic acid groups (broad SMARTS) is 2. The van der Waals surface area contributed by atoms with Crippen molar-refractivity contribution in [3.8, 4) is 11.5 Å². The molecule has 4 aromatic rings. The maximum absolute atomic E-state index is 9.10. The first-order valence-corrected chi connectivity index (χ1v) is 11.7. The van der Waals surface area contributed by atoms with E-state index in [1.165, 1.54) is 16.0 Å². The van der Waals surface area contributed by atoms with E-state index in [1.807, 2.05) is 36.7 Å². The van der Waals surface area contributed by atoms with E-state index in [2.05, 4.69) is 44.5 Å². The third-order valence-corrected chi connectivity index (χ3v) is 5.82. The van der Waals surface area contributed by atoms with Crippen molar-refractivity contribution in [3.05, 3.63) is 76.7 Å². The molecular weight excluding hydrogens is 470 g/mol. The van der Waals surface area contributed by atoms with E-state index in [0.717, 1.165) is 43.1 Å². The van der Waals surface area contributed by atoms with Crippen molar-refractivity contribution in [2.24, 2.45) is 0 Å². The Labute approximate surface area is 206 Å². The van der Waals surface area contributed by atoms with Gasteiger partial charge in [0.15, 0.2) is 11.5 Å². The topological polar surface area (TPSA) is 123 Å². The highest BCUT2D eigenvalue weighted by atomic mass is 32.1. The van der Waals surface area contributed by atoms with E-state index < -0.39 is 11.9 Å². The summed E-state index contributed by atoms with van der Waals surface area (Å²) in [6.45, 7) is 3.25. The lowest BCUT2D eigenvalue weighted by Gasteiger charge is -2.12. The van der Waals surface area contributed by atoms with E-state index in [9.17, 15) is 0 Å². The molecule has 0 bridgehead atoms. The number of aryl methyl sites for hydroxylation is 1. The first-order valence-electron chi connectivity index (χ1n) is 10.9. The number of methoxy groups -OCH3 is 1. The molecule has 0 spiro atoms. The molecule has 35 heavy (non-hydrogen) atoms. The molecule has 0 saturated carbocycles. The molecule has 0 aliphatic rings. The molecule has 9 nitrogen and oxygen atoms in total. The van der Waals surface area contributed by atoms with Crippen molar-refractivity contribution >= 4 is 34.3 Å². The van der Waals surface area contributed by atoms with Crippen LogP contribution in [0.25, 0.3) is 11.0 Å². The van der Waals surface area contributed by atoms with Gasteiger partial charge in [-0.05, 0) is 54.2 Å². The number of nitrogens with zero attached hydrogens (tertiary/aromatic N) is 2. The van der Waals surface area contributed by atoms with E-state index in [1.54, 1.807) is 18.4 Å². The van der Waals surface area contributed by atoms with Crippen LogP contribution in [0.4, 0.5) is 0 Å². The highest BCUT2D eigenvalue weighted by molar-refractivity contribution is 7.09. The Hall–Kier alpha value is -3.89. The van der Waals surface area contributed by atoms with Gasteiger partial charge in [0.1, 0.15) is 6.61 Å². The lowest BCUT2D eigenvalue weighted by molar-refractivity contribution is -0.159. The molecule has 0 aliphatic heterocycles. The van der Waals surface area contributed by atoms with Crippen LogP contribution in [-0.4, -0.2) is 45.4 Å². The summed E-state index contributed by atoms with van der Waals surface area (Å²) < 4.78 is 13.6. The summed E-state index contributed by atoms with van der Waals surface area (Å²) >= 11 is 1.69. The number of carbonyl (C=O) groups is 2. The maximum atomic E-state index is 9.10. The quantitative estimate of drug-likeness (QED) is 0.222. The van der Waals surface area contributed by atoms with Gasteiger partial charge in [-0.2, -0.15) is 0 Å². The van der Waals surface area contributed by atoms with Crippen molar-refractivity contribution in [1.82, 2.24) is 14.9 Å². The average molecular weight is 498 g/mol. The lowest BCUT2D eigenvalue weighted by Crippen LogP contribution is -2.16. The fourth-order valence-corrected chi connectivity index (χ4v) is 3.90. The standard InChI is InChI=1S/C23H25N3O2S.C2H2O4/c1-27-23-14-18(9-10-22(23)28-16-19-6-4-13-29-19)15-24-11-5-12-26-17-25-20-7-2-3-8-21(20)26;3-1(4)2(5)6/h2-4,6-10,13-14,17,24H,5,11-12,15-16H2,1H3;(H,3,4)(H,5,6). The number of rotatable bonds is 10. The molecular formula is C25H27N3O6S. The Morgan fingerprint density at radius 3 is 2.57 bits per heavy atom. The lowest BCUT2D eigenvalue weighted by atomic mass is 10.2. The van der Waals surface area contributed by atoms with Crippen molar-refractivity contribution in [1.29, 1.82) is 0 Å². The molecule has 184 valence electrons. The number of imidazole rings is 1. The first-order chi connectivity index (χ1) is 17.0. The Morgan fingerprint density at radius 1 is 1.06 bits per heavy atom. The third kappa shape index (κ3) is 7.83. The summed E-state index contributed by atoms with van der Waals surface area (Å²) in [7, 11) is 1.68. The number of para-hydroxylation sites is 2. The number of aliphatic carboxylic acids is 2. The van der Waals surface area contributed by atoms with Crippen LogP contribution in [0.5, 0.6) is 11.5 Å². The van der Waals surface area contributed by atoms with Gasteiger partial charge in [-0.15, -0.1) is 11.3 Å². The number of carboxylic acids is 2. The van der Waals surface area contributed by atoms with Gasteiger partial charge in [-0.3, -0.25) is 0 Å². The molecule has 2 aromatic carbocycles. The smallest absolute Gasteiger partial charge is 0.414 e. The van der Waals surface area contributed by atoms with Crippen LogP contribution in [-0.2, 0) is 29.3 Å². The van der Waals surface area contributed by atoms with E-state index >= 15 is 0 Å². The Kier molecular flexibility index (Phi) is 9.64. The number of aromatic nitrogens is 2. The van der Waals surface area contributed by atoms with Crippen LogP contribution >= 0.6 is 11.3 Å². The minimum Gasteiger partial charge on any atom is -0.493 e. The molecule has 0 radical (unpaired) electrons. The third-order valence-electron chi connectivity index (χ3n) is 4.97. The van der Waals surface area contributed by atoms with Gasteiger partial charge in [0.25, 0.3) is 0 Å². The number of thiophene rings is 1. The zero-order valence-corrected chi connectivity index (χ0v) is 20.0. The molecule has 0 aliphatic carbocycles. The normalized spacial score (nSPS) is 10.4. The second kappa shape index (κ2) is 13.1. The fraction of sp³-hybridized carbons (Fsp3) is 0.240. The Morgan fingerprint density at radius 2 is 1.86 bits per heavy atom. The van der Waals surface area contributed by atoms with Crippen LogP contribution in [0.2, 0.25) is 0 Å². The number of hydrogen-bond donors (Lipinski definition) is 3. The van der Waals surface area contributed by atoms with E-state index in [0.29, 0.717) is 6.61 Å². The van der Waals surface area contributed by atoms with Crippen molar-refractivity contribution in [2.75, 3.05) is 13.7 Å². The van der Waals surface area contributed by atoms with Crippen LogP contribution in [0.1, 0.15) is 16.9 Å². The van der Waals surface area contributed by atoms with Crippen LogP contribution in [0.3, 0.4) is 0 Å². The summed E-state index contributed by atoms with van der Waals surface area (Å²) in [5, 5.41) is 20.3. The molecule has 4 rings (SSSR count). The zero-order valence-electron chi connectivity index (χ0n) is 19.2. The van der Waals surface area contributed by atoms with Crippen LogP contribution < -0.4 is 14.8 Å². The molecule has 0 saturated heterocycles. The largest absolute Gasteiger partial charge is 0.493 e. The molecule has 2 aromatic heterocycles. The van der Waals surface area contributed by atoms with Gasteiger partial charge in [-0.25, -0.2) is 14.6 Å². The number of nitrogens with one attached hydrogen (secondary N) is 1. The molecule has 0 amide bonds. The summed E-state index contributed by atoms with van der Waals surface area (Å²) in [6, 6.07) is 18.5. The van der Waals surface area contributed by atoms with Gasteiger partial charge in [-0.1, -0.05) is 24.3 Å². The summed E-state index contributed by atoms with van der Waals surface area (Å²) in [6.07, 6.45) is 2.96. The van der Waals surface area contributed by atoms with E-state index in [4.69, 9.17) is 29.3 Å². The summed E-state index contributed by atoms with van der Waals surface area (Å²) in [5.74, 6) is -2.10. The molecule has 2 heterocycles. The maximum Gasteiger partial charge on any atom is 0.414 e. The first kappa shape index (κ1) is 25.7. The van der Waals surface area contributed by atoms with Crippen molar-refractivity contribution in [3.63, 3.8) is 0 Å². The molecule has 3 N–H and O–H groups in total. The minimum atomic E-state index is -1.82. The number of hydrogen-bond acceptors (Lipinski definition) is 7. The molecule has 10 heteroatoms. The summed E-state index contributed by atoms with van der Waals surface area (Å²) in [4.78, 5) is 23.8. The Balaban J connectivity index is 0.000000509. The average Bonchev–Trinajstić information content (AvgIpc) is 3.53. The second-order valence-corrected chi connectivity index (χ2v) is 8.45. The van der Waals surface area contributed by atoms with Crippen molar-refractivity contribution in [2.45, 2.75) is 26.1 Å². The van der Waals surface area contributed by atoms with Crippen molar-refractivity contribution < 1.29 is 29.3 Å². The number of ether oxygens (including phenoxy) is 2. The highest BCUT2D eigenvalue weighted by Crippen LogP contribution is 2.29.